The minimum absolute atomic E-state index is 0.123. The van der Waals surface area contributed by atoms with Gasteiger partial charge in [-0.25, -0.2) is 12.7 Å². The summed E-state index contributed by atoms with van der Waals surface area (Å²) in [5, 5.41) is 16.3. The minimum atomic E-state index is -3.08. The monoisotopic (exact) mass is 403 g/mol. The number of piperidine rings is 2. The number of hydrogen-bond acceptors (Lipinski definition) is 5. The molecule has 0 atom stereocenters. The molecule has 0 spiro atoms. The highest BCUT2D eigenvalue weighted by molar-refractivity contribution is 7.89. The van der Waals surface area contributed by atoms with E-state index in [9.17, 15) is 13.5 Å². The molecule has 0 amide bonds. The Morgan fingerprint density at radius 3 is 2.37 bits per heavy atom. The first-order valence-electron chi connectivity index (χ1n) is 10.4. The van der Waals surface area contributed by atoms with E-state index in [4.69, 9.17) is 0 Å². The molecule has 8 nitrogen and oxygen atoms in total. The molecule has 2 aliphatic heterocycles. The van der Waals surface area contributed by atoms with E-state index in [2.05, 4.69) is 20.5 Å². The van der Waals surface area contributed by atoms with Crippen molar-refractivity contribution in [2.45, 2.75) is 58.1 Å². The number of hydrogen-bond donors (Lipinski definition) is 3. The fraction of sp³-hybridized carbons (Fsp3) is 0.944. The number of nitrogens with one attached hydrogen (secondary N) is 2. The normalized spacial score (nSPS) is 22.1. The minimum Gasteiger partial charge on any atom is -0.393 e. The van der Waals surface area contributed by atoms with E-state index >= 15 is 0 Å². The number of rotatable bonds is 8. The van der Waals surface area contributed by atoms with E-state index < -0.39 is 10.0 Å². The van der Waals surface area contributed by atoms with E-state index in [1.54, 1.807) is 11.2 Å². The molecule has 0 bridgehead atoms. The van der Waals surface area contributed by atoms with Gasteiger partial charge in [-0.3, -0.25) is 4.99 Å². The van der Waals surface area contributed by atoms with Gasteiger partial charge in [0.2, 0.25) is 10.0 Å². The Morgan fingerprint density at radius 1 is 1.11 bits per heavy atom. The zero-order chi connectivity index (χ0) is 19.7. The van der Waals surface area contributed by atoms with Crippen LogP contribution in [0.3, 0.4) is 0 Å². The molecule has 158 valence electrons. The molecule has 2 saturated heterocycles. The van der Waals surface area contributed by atoms with Crippen molar-refractivity contribution < 1.29 is 13.5 Å². The van der Waals surface area contributed by atoms with Crippen LogP contribution in [0.4, 0.5) is 0 Å². The van der Waals surface area contributed by atoms with Crippen molar-refractivity contribution in [2.24, 2.45) is 4.99 Å². The van der Waals surface area contributed by atoms with Crippen molar-refractivity contribution in [3.63, 3.8) is 0 Å². The first-order valence-corrected chi connectivity index (χ1v) is 12.0. The summed E-state index contributed by atoms with van der Waals surface area (Å²) >= 11 is 0. The maximum absolute atomic E-state index is 12.0. The number of sulfonamides is 1. The second-order valence-corrected chi connectivity index (χ2v) is 9.66. The molecule has 0 aromatic rings. The van der Waals surface area contributed by atoms with Crippen molar-refractivity contribution >= 4 is 16.0 Å². The fourth-order valence-corrected chi connectivity index (χ4v) is 4.73. The highest BCUT2D eigenvalue weighted by Crippen LogP contribution is 2.14. The fourth-order valence-electron chi connectivity index (χ4n) is 3.60. The van der Waals surface area contributed by atoms with Crippen LogP contribution in [0.25, 0.3) is 0 Å². The lowest BCUT2D eigenvalue weighted by Gasteiger charge is -2.32. The Labute approximate surface area is 164 Å². The van der Waals surface area contributed by atoms with Gasteiger partial charge in [0.15, 0.2) is 5.96 Å². The molecule has 27 heavy (non-hydrogen) atoms. The van der Waals surface area contributed by atoms with Crippen LogP contribution in [0, 0.1) is 0 Å². The van der Waals surface area contributed by atoms with Crippen molar-refractivity contribution in [3.05, 3.63) is 0 Å². The third kappa shape index (κ3) is 7.56. The number of aliphatic hydroxyl groups is 1. The Hall–Kier alpha value is -0.900. The van der Waals surface area contributed by atoms with Gasteiger partial charge in [-0.2, -0.15) is 0 Å². The summed E-state index contributed by atoms with van der Waals surface area (Å²) in [6, 6.07) is 0.259. The Bertz CT molecular complexity index is 553. The summed E-state index contributed by atoms with van der Waals surface area (Å²) in [5.41, 5.74) is 0. The largest absolute Gasteiger partial charge is 0.393 e. The van der Waals surface area contributed by atoms with Gasteiger partial charge >= 0.3 is 0 Å². The zero-order valence-electron chi connectivity index (χ0n) is 16.9. The highest BCUT2D eigenvalue weighted by atomic mass is 32.2. The van der Waals surface area contributed by atoms with E-state index in [0.29, 0.717) is 13.1 Å². The van der Waals surface area contributed by atoms with Crippen LogP contribution in [-0.2, 0) is 10.0 Å². The van der Waals surface area contributed by atoms with Gasteiger partial charge in [-0.15, -0.1) is 0 Å². The molecule has 9 heteroatoms. The van der Waals surface area contributed by atoms with Crippen molar-refractivity contribution in [3.8, 4) is 0 Å². The van der Waals surface area contributed by atoms with Gasteiger partial charge in [0.05, 0.1) is 11.9 Å². The van der Waals surface area contributed by atoms with Gasteiger partial charge in [-0.05, 0) is 52.5 Å². The molecular weight excluding hydrogens is 366 g/mol. The average Bonchev–Trinajstić information content (AvgIpc) is 2.67. The Kier molecular flexibility index (Phi) is 9.28. The number of aliphatic imine (C=N–C) groups is 1. The average molecular weight is 404 g/mol. The molecule has 0 aromatic carbocycles. The van der Waals surface area contributed by atoms with Crippen molar-refractivity contribution in [1.29, 1.82) is 0 Å². The molecule has 0 aromatic heterocycles. The topological polar surface area (TPSA) is 97.3 Å². The van der Waals surface area contributed by atoms with Gasteiger partial charge in [0.25, 0.3) is 0 Å². The molecular formula is C18H37N5O3S. The second-order valence-electron chi connectivity index (χ2n) is 7.41. The van der Waals surface area contributed by atoms with Crippen molar-refractivity contribution in [1.82, 2.24) is 19.8 Å². The summed E-state index contributed by atoms with van der Waals surface area (Å²) in [6.07, 6.45) is 4.24. The number of nitrogens with zero attached hydrogens (tertiary/aromatic N) is 3. The third-order valence-electron chi connectivity index (χ3n) is 5.36. The van der Waals surface area contributed by atoms with Crippen molar-refractivity contribution in [2.75, 3.05) is 51.6 Å². The molecule has 0 aliphatic carbocycles. The Morgan fingerprint density at radius 2 is 1.78 bits per heavy atom. The van der Waals surface area contributed by atoms with Gasteiger partial charge in [0, 0.05) is 45.3 Å². The molecule has 0 saturated carbocycles. The van der Waals surface area contributed by atoms with Gasteiger partial charge in [-0.1, -0.05) is 0 Å². The molecule has 0 radical (unpaired) electrons. The molecule has 2 rings (SSSR count). The lowest BCUT2D eigenvalue weighted by molar-refractivity contribution is 0.0824. The van der Waals surface area contributed by atoms with Gasteiger partial charge in [0.1, 0.15) is 0 Å². The highest BCUT2D eigenvalue weighted by Gasteiger charge is 2.27. The first-order chi connectivity index (χ1) is 12.9. The summed E-state index contributed by atoms with van der Waals surface area (Å²) in [6.45, 7) is 9.43. The maximum atomic E-state index is 12.0. The summed E-state index contributed by atoms with van der Waals surface area (Å²) in [7, 11) is -3.08. The summed E-state index contributed by atoms with van der Waals surface area (Å²) in [4.78, 5) is 7.07. The van der Waals surface area contributed by atoms with Crippen LogP contribution < -0.4 is 10.6 Å². The Balaban J connectivity index is 1.72. The van der Waals surface area contributed by atoms with Crippen LogP contribution in [0.1, 0.15) is 46.0 Å². The van der Waals surface area contributed by atoms with Gasteiger partial charge < -0.3 is 20.6 Å². The van der Waals surface area contributed by atoms with Crippen LogP contribution >= 0.6 is 0 Å². The second kappa shape index (κ2) is 11.2. The van der Waals surface area contributed by atoms with E-state index in [-0.39, 0.29) is 17.9 Å². The van der Waals surface area contributed by atoms with Crippen LogP contribution in [0.5, 0.6) is 0 Å². The SMILES string of the molecule is CCNC(=NCCCN1CCC(O)CC1)NC1CCN(S(=O)(=O)CC)CC1. The third-order valence-corrected chi connectivity index (χ3v) is 7.24. The smallest absolute Gasteiger partial charge is 0.213 e. The number of likely N-dealkylation sites (tertiary alicyclic amines) is 1. The van der Waals surface area contributed by atoms with E-state index in [0.717, 1.165) is 70.8 Å². The summed E-state index contributed by atoms with van der Waals surface area (Å²) in [5.74, 6) is 0.994. The van der Waals surface area contributed by atoms with E-state index in [1.807, 2.05) is 6.92 Å². The number of aliphatic hydroxyl groups excluding tert-OH is 1. The lowest BCUT2D eigenvalue weighted by atomic mass is 10.1. The first kappa shape index (κ1) is 22.4. The maximum Gasteiger partial charge on any atom is 0.213 e. The quantitative estimate of drug-likeness (QED) is 0.304. The molecule has 2 fully saturated rings. The standard InChI is InChI=1S/C18H37N5O3S/c1-3-19-18(20-10-5-11-22-12-8-17(24)9-13-22)21-16-6-14-23(15-7-16)27(25,26)4-2/h16-17,24H,3-15H2,1-2H3,(H2,19,20,21). The van der Waals surface area contributed by atoms with Crippen LogP contribution in [0.2, 0.25) is 0 Å². The van der Waals surface area contributed by atoms with Crippen LogP contribution in [0.15, 0.2) is 4.99 Å². The van der Waals surface area contributed by atoms with Crippen LogP contribution in [-0.4, -0.2) is 92.4 Å². The van der Waals surface area contributed by atoms with E-state index in [1.165, 1.54) is 0 Å². The lowest BCUT2D eigenvalue weighted by Crippen LogP contribution is -2.50. The molecule has 2 aliphatic rings. The molecule has 2 heterocycles. The summed E-state index contributed by atoms with van der Waals surface area (Å²) < 4.78 is 25.5. The number of guanidine groups is 1. The molecule has 3 N–H and O–H groups in total. The predicted molar refractivity (Wildman–Crippen MR) is 109 cm³/mol. The molecule has 0 unspecified atom stereocenters. The predicted octanol–water partition coefficient (Wildman–Crippen LogP) is 0.202. The zero-order valence-corrected chi connectivity index (χ0v) is 17.7.